The van der Waals surface area contributed by atoms with Crippen LogP contribution in [0, 0.1) is 5.82 Å². The van der Waals surface area contributed by atoms with Gasteiger partial charge in [-0.25, -0.2) is 9.18 Å². The Labute approximate surface area is 133 Å². The van der Waals surface area contributed by atoms with E-state index >= 15 is 0 Å². The van der Waals surface area contributed by atoms with Crippen molar-refractivity contribution < 1.29 is 18.8 Å². The molecule has 1 aliphatic carbocycles. The van der Waals surface area contributed by atoms with Crippen molar-refractivity contribution in [3.05, 3.63) is 35.6 Å². The summed E-state index contributed by atoms with van der Waals surface area (Å²) in [6.45, 7) is -0.0818. The van der Waals surface area contributed by atoms with E-state index in [1.54, 1.807) is 12.1 Å². The highest BCUT2D eigenvalue weighted by Gasteiger charge is 2.52. The molecular formula is C16H18FN3O3. The summed E-state index contributed by atoms with van der Waals surface area (Å²) < 4.78 is 12.8. The highest BCUT2D eigenvalue weighted by Crippen LogP contribution is 2.34. The maximum absolute atomic E-state index is 12.8. The Morgan fingerprint density at radius 2 is 1.87 bits per heavy atom. The number of carbonyl (C=O) groups excluding carboxylic acids is 3. The summed E-state index contributed by atoms with van der Waals surface area (Å²) >= 11 is 0. The third-order valence-electron chi connectivity index (χ3n) is 4.41. The Bertz CT molecular complexity index is 638. The number of carbonyl (C=O) groups is 3. The largest absolute Gasteiger partial charge is 0.350 e. The van der Waals surface area contributed by atoms with E-state index in [1.165, 1.54) is 12.1 Å². The van der Waals surface area contributed by atoms with Gasteiger partial charge < -0.3 is 10.6 Å². The highest BCUT2D eigenvalue weighted by atomic mass is 19.1. The minimum atomic E-state index is -0.797. The standard InChI is InChI=1S/C16H18FN3O3/c17-12-5-3-11(4-6-12)9-18-13(21)10-20-14(22)16(19-15(20)23)7-1-2-8-16/h3-6H,1-2,7-10H2,(H,18,21)(H,19,23). The molecule has 23 heavy (non-hydrogen) atoms. The Balaban J connectivity index is 1.56. The molecule has 1 spiro atoms. The third-order valence-corrected chi connectivity index (χ3v) is 4.41. The molecule has 1 saturated carbocycles. The number of imide groups is 1. The smallest absolute Gasteiger partial charge is 0.325 e. The number of nitrogens with one attached hydrogen (secondary N) is 2. The van der Waals surface area contributed by atoms with Gasteiger partial charge in [-0.05, 0) is 30.5 Å². The Hall–Kier alpha value is -2.44. The summed E-state index contributed by atoms with van der Waals surface area (Å²) in [5.74, 6) is -1.08. The average Bonchev–Trinajstić information content (AvgIpc) is 3.08. The zero-order valence-electron chi connectivity index (χ0n) is 12.6. The molecule has 7 heteroatoms. The fourth-order valence-corrected chi connectivity index (χ4v) is 3.14. The van der Waals surface area contributed by atoms with E-state index in [-0.39, 0.29) is 24.8 Å². The first-order valence-corrected chi connectivity index (χ1v) is 7.65. The molecule has 3 rings (SSSR count). The lowest BCUT2D eigenvalue weighted by molar-refractivity contribution is -0.134. The monoisotopic (exact) mass is 319 g/mol. The molecule has 0 unspecified atom stereocenters. The second-order valence-electron chi connectivity index (χ2n) is 6.01. The lowest BCUT2D eigenvalue weighted by atomic mass is 9.98. The van der Waals surface area contributed by atoms with E-state index in [9.17, 15) is 18.8 Å². The fraction of sp³-hybridized carbons (Fsp3) is 0.438. The van der Waals surface area contributed by atoms with Gasteiger partial charge in [0.1, 0.15) is 17.9 Å². The maximum Gasteiger partial charge on any atom is 0.325 e. The van der Waals surface area contributed by atoms with Crippen molar-refractivity contribution in [2.75, 3.05) is 6.54 Å². The molecule has 4 amide bonds. The Morgan fingerprint density at radius 1 is 1.22 bits per heavy atom. The van der Waals surface area contributed by atoms with E-state index in [0.717, 1.165) is 23.3 Å². The van der Waals surface area contributed by atoms with Gasteiger partial charge in [0.2, 0.25) is 5.91 Å². The van der Waals surface area contributed by atoms with Gasteiger partial charge in [-0.15, -0.1) is 0 Å². The van der Waals surface area contributed by atoms with E-state index in [2.05, 4.69) is 10.6 Å². The van der Waals surface area contributed by atoms with Crippen molar-refractivity contribution in [2.24, 2.45) is 0 Å². The van der Waals surface area contributed by atoms with Gasteiger partial charge in [0.15, 0.2) is 0 Å². The van der Waals surface area contributed by atoms with Crippen LogP contribution in [0.3, 0.4) is 0 Å². The molecule has 1 heterocycles. The highest BCUT2D eigenvalue weighted by molar-refractivity contribution is 6.09. The topological polar surface area (TPSA) is 78.5 Å². The van der Waals surface area contributed by atoms with E-state index in [0.29, 0.717) is 12.8 Å². The van der Waals surface area contributed by atoms with Gasteiger partial charge in [-0.2, -0.15) is 0 Å². The van der Waals surface area contributed by atoms with Crippen LogP contribution in [-0.4, -0.2) is 34.8 Å². The van der Waals surface area contributed by atoms with Crippen LogP contribution in [0.2, 0.25) is 0 Å². The Kier molecular flexibility index (Phi) is 4.02. The number of hydrogen-bond acceptors (Lipinski definition) is 3. The number of urea groups is 1. The third kappa shape index (κ3) is 3.04. The second-order valence-corrected chi connectivity index (χ2v) is 6.01. The maximum atomic E-state index is 12.8. The summed E-state index contributed by atoms with van der Waals surface area (Å²) in [4.78, 5) is 37.3. The van der Waals surface area contributed by atoms with Gasteiger partial charge in [0.05, 0.1) is 0 Å². The molecule has 1 saturated heterocycles. The molecule has 2 fully saturated rings. The number of benzene rings is 1. The first kappa shape index (κ1) is 15.5. The number of nitrogens with zero attached hydrogens (tertiary/aromatic N) is 1. The molecule has 2 aliphatic rings. The predicted octanol–water partition coefficient (Wildman–Crippen LogP) is 1.31. The second kappa shape index (κ2) is 5.98. The molecule has 0 bridgehead atoms. The van der Waals surface area contributed by atoms with Gasteiger partial charge in [-0.1, -0.05) is 25.0 Å². The van der Waals surface area contributed by atoms with Crippen molar-refractivity contribution >= 4 is 17.8 Å². The van der Waals surface area contributed by atoms with E-state index in [1.807, 2.05) is 0 Å². The van der Waals surface area contributed by atoms with Crippen LogP contribution >= 0.6 is 0 Å². The lowest BCUT2D eigenvalue weighted by Crippen LogP contribution is -2.45. The molecule has 2 N–H and O–H groups in total. The molecule has 1 aromatic rings. The zero-order chi connectivity index (χ0) is 16.4. The molecule has 1 aromatic carbocycles. The van der Waals surface area contributed by atoms with Crippen LogP contribution in [-0.2, 0) is 16.1 Å². The molecule has 1 aliphatic heterocycles. The van der Waals surface area contributed by atoms with Crippen LogP contribution in [0.5, 0.6) is 0 Å². The zero-order valence-corrected chi connectivity index (χ0v) is 12.6. The molecule has 6 nitrogen and oxygen atoms in total. The summed E-state index contributed by atoms with van der Waals surface area (Å²) in [7, 11) is 0. The molecule has 0 aromatic heterocycles. The Morgan fingerprint density at radius 3 is 2.52 bits per heavy atom. The summed E-state index contributed by atoms with van der Waals surface area (Å²) in [6.07, 6.45) is 3.06. The minimum absolute atomic E-state index is 0.216. The van der Waals surface area contributed by atoms with Crippen LogP contribution in [0.25, 0.3) is 0 Å². The van der Waals surface area contributed by atoms with Gasteiger partial charge in [-0.3, -0.25) is 14.5 Å². The van der Waals surface area contributed by atoms with Crippen LogP contribution in [0.15, 0.2) is 24.3 Å². The number of hydrogen-bond donors (Lipinski definition) is 2. The number of halogens is 1. The quantitative estimate of drug-likeness (QED) is 0.821. The molecule has 122 valence electrons. The van der Waals surface area contributed by atoms with Crippen LogP contribution in [0.4, 0.5) is 9.18 Å². The normalized spacial score (nSPS) is 19.3. The average molecular weight is 319 g/mol. The van der Waals surface area contributed by atoms with E-state index < -0.39 is 17.5 Å². The first-order valence-electron chi connectivity index (χ1n) is 7.65. The lowest BCUT2D eigenvalue weighted by Gasteiger charge is -2.19. The number of amides is 4. The van der Waals surface area contributed by atoms with Crippen molar-refractivity contribution in [3.8, 4) is 0 Å². The van der Waals surface area contributed by atoms with E-state index in [4.69, 9.17) is 0 Å². The number of rotatable bonds is 4. The molecule has 0 atom stereocenters. The van der Waals surface area contributed by atoms with Crippen molar-refractivity contribution in [3.63, 3.8) is 0 Å². The van der Waals surface area contributed by atoms with Crippen molar-refractivity contribution in [2.45, 2.75) is 37.8 Å². The minimum Gasteiger partial charge on any atom is -0.350 e. The molecular weight excluding hydrogens is 301 g/mol. The fourth-order valence-electron chi connectivity index (χ4n) is 3.14. The summed E-state index contributed by atoms with van der Waals surface area (Å²) in [6, 6.07) is 5.24. The van der Waals surface area contributed by atoms with Crippen LogP contribution < -0.4 is 10.6 Å². The SMILES string of the molecule is O=C(CN1C(=O)NC2(CCCC2)C1=O)NCc1ccc(F)cc1. The molecule has 0 radical (unpaired) electrons. The summed E-state index contributed by atoms with van der Waals surface area (Å²) in [5.41, 5.74) is -0.0573. The first-order chi connectivity index (χ1) is 11.0. The predicted molar refractivity (Wildman–Crippen MR) is 79.7 cm³/mol. The van der Waals surface area contributed by atoms with Crippen molar-refractivity contribution in [1.29, 1.82) is 0 Å². The van der Waals surface area contributed by atoms with Crippen molar-refractivity contribution in [1.82, 2.24) is 15.5 Å². The van der Waals surface area contributed by atoms with Gasteiger partial charge in [0, 0.05) is 6.54 Å². The summed E-state index contributed by atoms with van der Waals surface area (Å²) in [5, 5.41) is 5.36. The van der Waals surface area contributed by atoms with Gasteiger partial charge in [0.25, 0.3) is 5.91 Å². The van der Waals surface area contributed by atoms with Crippen LogP contribution in [0.1, 0.15) is 31.2 Å². The van der Waals surface area contributed by atoms with Gasteiger partial charge >= 0.3 is 6.03 Å².